The molecule has 116 valence electrons. The zero-order chi connectivity index (χ0) is 15.5. The summed E-state index contributed by atoms with van der Waals surface area (Å²) in [4.78, 5) is 14.4. The van der Waals surface area contributed by atoms with E-state index in [-0.39, 0.29) is 5.91 Å². The number of hydrogen-bond acceptors (Lipinski definition) is 4. The minimum absolute atomic E-state index is 0.00883. The number of nitrogens with zero attached hydrogens (tertiary/aromatic N) is 1. The summed E-state index contributed by atoms with van der Waals surface area (Å²) in [7, 11) is 3.30. The molecule has 0 atom stereocenters. The fourth-order valence-electron chi connectivity index (χ4n) is 2.60. The molecular weight excluding hydrogens is 292 g/mol. The summed E-state index contributed by atoms with van der Waals surface area (Å²) in [5.41, 5.74) is 6.07. The van der Waals surface area contributed by atoms with Crippen LogP contribution in [0.2, 0.25) is 5.02 Å². The second-order valence-corrected chi connectivity index (χ2v) is 5.69. The quantitative estimate of drug-likeness (QED) is 0.924. The Hall–Kier alpha value is -1.30. The highest BCUT2D eigenvalue weighted by molar-refractivity contribution is 6.32. The molecular formula is C15H21ClN2O3. The summed E-state index contributed by atoms with van der Waals surface area (Å²) in [6.07, 6.45) is 1.30. The zero-order valence-corrected chi connectivity index (χ0v) is 13.2. The van der Waals surface area contributed by atoms with Crippen LogP contribution in [0.4, 0.5) is 5.69 Å². The summed E-state index contributed by atoms with van der Waals surface area (Å²) in [5.74, 6) is 0.593. The zero-order valence-electron chi connectivity index (χ0n) is 12.4. The van der Waals surface area contributed by atoms with Crippen molar-refractivity contribution in [2.24, 2.45) is 11.1 Å². The molecule has 1 aliphatic rings. The molecule has 0 radical (unpaired) electrons. The van der Waals surface area contributed by atoms with Gasteiger partial charge in [0, 0.05) is 32.5 Å². The van der Waals surface area contributed by atoms with Crippen LogP contribution in [-0.4, -0.2) is 39.8 Å². The minimum Gasteiger partial charge on any atom is -0.495 e. The summed E-state index contributed by atoms with van der Waals surface area (Å²) in [6, 6.07) is 5.29. The van der Waals surface area contributed by atoms with Gasteiger partial charge in [-0.2, -0.15) is 0 Å². The van der Waals surface area contributed by atoms with E-state index in [1.165, 1.54) is 0 Å². The van der Waals surface area contributed by atoms with Gasteiger partial charge in [-0.25, -0.2) is 0 Å². The van der Waals surface area contributed by atoms with Gasteiger partial charge in [-0.1, -0.05) is 11.6 Å². The molecule has 0 bridgehead atoms. The van der Waals surface area contributed by atoms with Crippen molar-refractivity contribution in [3.05, 3.63) is 23.2 Å². The van der Waals surface area contributed by atoms with Gasteiger partial charge >= 0.3 is 0 Å². The lowest BCUT2D eigenvalue weighted by Gasteiger charge is -2.37. The molecule has 6 heteroatoms. The predicted molar refractivity (Wildman–Crippen MR) is 83.0 cm³/mol. The summed E-state index contributed by atoms with van der Waals surface area (Å²) in [6.45, 7) is 1.46. The highest BCUT2D eigenvalue weighted by Crippen LogP contribution is 2.34. The molecule has 1 aromatic rings. The fraction of sp³-hybridized carbons (Fsp3) is 0.533. The molecule has 2 rings (SSSR count). The third-order valence-electron chi connectivity index (χ3n) is 4.12. The van der Waals surface area contributed by atoms with E-state index in [4.69, 9.17) is 26.8 Å². The molecule has 0 aromatic heterocycles. The molecule has 0 spiro atoms. The van der Waals surface area contributed by atoms with E-state index in [0.717, 1.165) is 5.69 Å². The average Bonchev–Trinajstić information content (AvgIpc) is 2.54. The van der Waals surface area contributed by atoms with Crippen molar-refractivity contribution in [1.29, 1.82) is 0 Å². The number of hydrogen-bond donors (Lipinski definition) is 1. The first-order chi connectivity index (χ1) is 10.0. The maximum absolute atomic E-state index is 12.8. The lowest BCUT2D eigenvalue weighted by Crippen LogP contribution is -2.49. The largest absolute Gasteiger partial charge is 0.495 e. The Labute approximate surface area is 130 Å². The minimum atomic E-state index is -0.542. The molecule has 1 aliphatic heterocycles. The maximum atomic E-state index is 12.8. The molecule has 0 saturated carbocycles. The third-order valence-corrected chi connectivity index (χ3v) is 4.42. The number of ether oxygens (including phenoxy) is 2. The lowest BCUT2D eigenvalue weighted by atomic mass is 9.79. The fourth-order valence-corrected chi connectivity index (χ4v) is 2.86. The van der Waals surface area contributed by atoms with Gasteiger partial charge in [-0.3, -0.25) is 4.79 Å². The molecule has 0 unspecified atom stereocenters. The van der Waals surface area contributed by atoms with Crippen molar-refractivity contribution in [1.82, 2.24) is 0 Å². The van der Waals surface area contributed by atoms with Crippen LogP contribution < -0.4 is 15.4 Å². The number of methoxy groups -OCH3 is 1. The number of halogens is 1. The Morgan fingerprint density at radius 2 is 2.14 bits per heavy atom. The van der Waals surface area contributed by atoms with E-state index in [1.807, 2.05) is 6.07 Å². The number of anilines is 1. The van der Waals surface area contributed by atoms with E-state index in [2.05, 4.69) is 0 Å². The van der Waals surface area contributed by atoms with E-state index in [9.17, 15) is 4.79 Å². The van der Waals surface area contributed by atoms with Crippen molar-refractivity contribution < 1.29 is 14.3 Å². The van der Waals surface area contributed by atoms with Crippen molar-refractivity contribution in [2.75, 3.05) is 38.8 Å². The van der Waals surface area contributed by atoms with Gasteiger partial charge in [0.15, 0.2) is 0 Å². The summed E-state index contributed by atoms with van der Waals surface area (Å²) in [5, 5.41) is 0.475. The van der Waals surface area contributed by atoms with Crippen molar-refractivity contribution in [3.63, 3.8) is 0 Å². The van der Waals surface area contributed by atoms with Crippen LogP contribution in [0.1, 0.15) is 12.8 Å². The van der Waals surface area contributed by atoms with Crippen LogP contribution in [0.3, 0.4) is 0 Å². The Kier molecular flexibility index (Phi) is 5.08. The number of benzene rings is 1. The molecule has 0 aliphatic carbocycles. The normalized spacial score (nSPS) is 17.3. The smallest absolute Gasteiger partial charge is 0.234 e. The van der Waals surface area contributed by atoms with Crippen LogP contribution in [0, 0.1) is 5.41 Å². The first kappa shape index (κ1) is 16.1. The molecule has 1 saturated heterocycles. The number of rotatable bonds is 4. The number of amides is 1. The van der Waals surface area contributed by atoms with E-state index >= 15 is 0 Å². The van der Waals surface area contributed by atoms with Crippen molar-refractivity contribution >= 4 is 23.2 Å². The van der Waals surface area contributed by atoms with Crippen LogP contribution >= 0.6 is 11.6 Å². The average molecular weight is 313 g/mol. The van der Waals surface area contributed by atoms with Gasteiger partial charge in [0.1, 0.15) is 5.75 Å². The van der Waals surface area contributed by atoms with Crippen molar-refractivity contribution in [2.45, 2.75) is 12.8 Å². The molecule has 1 amide bonds. The standard InChI is InChI=1S/C15H21ClN2O3/c1-18(11-3-4-13(20-2)12(16)9-11)14(19)15(10-17)5-7-21-8-6-15/h3-4,9H,5-8,10,17H2,1-2H3. The van der Waals surface area contributed by atoms with Crippen molar-refractivity contribution in [3.8, 4) is 5.75 Å². The number of carbonyl (C=O) groups is 1. The summed E-state index contributed by atoms with van der Waals surface area (Å²) >= 11 is 6.12. The molecule has 21 heavy (non-hydrogen) atoms. The SMILES string of the molecule is COc1ccc(N(C)C(=O)C2(CN)CCOCC2)cc1Cl. The van der Waals surface area contributed by atoms with Gasteiger partial charge in [-0.05, 0) is 31.0 Å². The molecule has 5 nitrogen and oxygen atoms in total. The first-order valence-electron chi connectivity index (χ1n) is 6.93. The number of carbonyl (C=O) groups excluding carboxylic acids is 1. The second-order valence-electron chi connectivity index (χ2n) is 5.28. The van der Waals surface area contributed by atoms with Gasteiger partial charge in [0.05, 0.1) is 17.5 Å². The van der Waals surface area contributed by atoms with E-state index in [0.29, 0.717) is 43.4 Å². The Bertz CT molecular complexity index is 516. The highest BCUT2D eigenvalue weighted by atomic mass is 35.5. The highest BCUT2D eigenvalue weighted by Gasteiger charge is 2.40. The summed E-state index contributed by atoms with van der Waals surface area (Å²) < 4.78 is 10.5. The van der Waals surface area contributed by atoms with Crippen LogP contribution in [0.15, 0.2) is 18.2 Å². The van der Waals surface area contributed by atoms with Gasteiger partial charge in [0.25, 0.3) is 0 Å². The Balaban J connectivity index is 2.23. The first-order valence-corrected chi connectivity index (χ1v) is 7.31. The lowest BCUT2D eigenvalue weighted by molar-refractivity contribution is -0.132. The monoisotopic (exact) mass is 312 g/mol. The topological polar surface area (TPSA) is 64.8 Å². The van der Waals surface area contributed by atoms with Crippen LogP contribution in [0.25, 0.3) is 0 Å². The molecule has 1 aromatic carbocycles. The Morgan fingerprint density at radius 1 is 1.48 bits per heavy atom. The van der Waals surface area contributed by atoms with Gasteiger partial charge in [-0.15, -0.1) is 0 Å². The van der Waals surface area contributed by atoms with Gasteiger partial charge < -0.3 is 20.1 Å². The van der Waals surface area contributed by atoms with Crippen LogP contribution in [-0.2, 0) is 9.53 Å². The van der Waals surface area contributed by atoms with Crippen LogP contribution in [0.5, 0.6) is 5.75 Å². The predicted octanol–water partition coefficient (Wildman–Crippen LogP) is 2.07. The third kappa shape index (κ3) is 3.15. The second kappa shape index (κ2) is 6.64. The Morgan fingerprint density at radius 3 is 2.67 bits per heavy atom. The maximum Gasteiger partial charge on any atom is 0.234 e. The molecule has 2 N–H and O–H groups in total. The molecule has 1 heterocycles. The van der Waals surface area contributed by atoms with Gasteiger partial charge in [0.2, 0.25) is 5.91 Å². The van der Waals surface area contributed by atoms with E-state index in [1.54, 1.807) is 31.2 Å². The molecule has 1 fully saturated rings. The van der Waals surface area contributed by atoms with E-state index < -0.39 is 5.41 Å². The number of nitrogens with two attached hydrogens (primary N) is 1.